The third-order valence-electron chi connectivity index (χ3n) is 10.7. The van der Waals surface area contributed by atoms with Gasteiger partial charge in [0.05, 0.1) is 32.6 Å². The van der Waals surface area contributed by atoms with E-state index in [-0.39, 0.29) is 61.0 Å². The molecule has 360 valence electrons. The van der Waals surface area contributed by atoms with Gasteiger partial charge in [-0.25, -0.2) is 25.6 Å². The van der Waals surface area contributed by atoms with Gasteiger partial charge in [0.1, 0.15) is 11.6 Å². The summed E-state index contributed by atoms with van der Waals surface area (Å²) < 4.78 is 241. The molecule has 2 N–H and O–H groups in total. The number of hydrogen-bond donors (Lipinski definition) is 1. The molecule has 4 aromatic carbocycles. The fourth-order valence-electron chi connectivity index (χ4n) is 7.44. The van der Waals surface area contributed by atoms with Gasteiger partial charge in [0.2, 0.25) is 25.6 Å². The minimum absolute atomic E-state index is 0.00584. The molecule has 2 atom stereocenters. The lowest BCUT2D eigenvalue weighted by Gasteiger charge is -2.41. The maximum absolute atomic E-state index is 13.4. The van der Waals surface area contributed by atoms with Gasteiger partial charge >= 0.3 is 24.7 Å². The molecule has 6 rings (SSSR count). The number of nitrogens with zero attached hydrogens (tertiary/aromatic N) is 5. The molecule has 2 saturated heterocycles. The average Bonchev–Trinajstić information content (AvgIpc) is 3.22. The molecule has 4 aromatic rings. The van der Waals surface area contributed by atoms with E-state index < -0.39 is 108 Å². The zero-order chi connectivity index (χ0) is 49.6. The van der Waals surface area contributed by atoms with Gasteiger partial charge in [0.25, 0.3) is 0 Å². The molecular weight excluding hydrogens is 959 g/mol. The Morgan fingerprint density at radius 1 is 0.576 bits per heavy atom. The van der Waals surface area contributed by atoms with Crippen molar-refractivity contribution < 1.29 is 78.3 Å². The lowest BCUT2D eigenvalue weighted by atomic mass is 9.89. The van der Waals surface area contributed by atoms with Crippen LogP contribution in [0.25, 0.3) is 0 Å². The fraction of sp³-hybridized carbons (Fsp3) is 0.375. The van der Waals surface area contributed by atoms with Gasteiger partial charge in [-0.2, -0.15) is 66.6 Å². The average molecular weight is 995 g/mol. The van der Waals surface area contributed by atoms with Crippen LogP contribution in [0.3, 0.4) is 0 Å². The summed E-state index contributed by atoms with van der Waals surface area (Å²) in [6.45, 7) is 1.73. The zero-order valence-electron chi connectivity index (χ0n) is 34.0. The third-order valence-corrected chi connectivity index (χ3v) is 14.7. The van der Waals surface area contributed by atoms with Gasteiger partial charge in [0.15, 0.2) is 0 Å². The first-order valence-corrected chi connectivity index (χ1v) is 21.9. The summed E-state index contributed by atoms with van der Waals surface area (Å²) in [6.07, 6.45) is -21.7. The first-order chi connectivity index (χ1) is 30.2. The standard InChI is InChI=1S/C21H19F10N3O2S.C19H17F4N3O2S/c1-12-11-33(17-6-5-14(22)10-16(17)19(23,24)25)7-8-34(12)37(35,36)15-4-2-3-13(9-15)18(32,20(26,27)28)21(29,30)31;1-13-12-25(18-6-5-15(20)10-17(18)19(21,22)23)7-8-26(13)29(27,28)16-4-2-3-14(9-16)11-24/h2-6,9-10,12H,7-8,11,32H2,1H3;2-6,9-10,13H,7-8,12H2,1H3/t12-;13-/m11/s1. The molecule has 0 aromatic heterocycles. The van der Waals surface area contributed by atoms with Crippen molar-refractivity contribution in [3.8, 4) is 6.07 Å². The molecule has 0 bridgehead atoms. The molecule has 10 nitrogen and oxygen atoms in total. The summed E-state index contributed by atoms with van der Waals surface area (Å²) in [7, 11) is -8.62. The highest BCUT2D eigenvalue weighted by Crippen LogP contribution is 2.49. The van der Waals surface area contributed by atoms with E-state index in [9.17, 15) is 78.3 Å². The molecule has 26 heteroatoms. The van der Waals surface area contributed by atoms with Crippen LogP contribution in [0.15, 0.2) is 94.7 Å². The van der Waals surface area contributed by atoms with E-state index in [1.165, 1.54) is 40.4 Å². The number of anilines is 2. The van der Waals surface area contributed by atoms with Gasteiger partial charge in [-0.1, -0.05) is 18.2 Å². The van der Waals surface area contributed by atoms with Crippen LogP contribution in [0, 0.1) is 23.0 Å². The van der Waals surface area contributed by atoms with Gasteiger partial charge < -0.3 is 15.5 Å². The van der Waals surface area contributed by atoms with Gasteiger partial charge in [-0.3, -0.25) is 0 Å². The summed E-state index contributed by atoms with van der Waals surface area (Å²) in [4.78, 5) is 1.61. The lowest BCUT2D eigenvalue weighted by Crippen LogP contribution is -2.60. The molecule has 0 amide bonds. The fourth-order valence-corrected chi connectivity index (χ4v) is 10.8. The summed E-state index contributed by atoms with van der Waals surface area (Å²) in [5.41, 5.74) is -4.45. The molecule has 2 aliphatic rings. The van der Waals surface area contributed by atoms with E-state index in [0.29, 0.717) is 18.2 Å². The van der Waals surface area contributed by atoms with Crippen LogP contribution in [0.1, 0.15) is 36.1 Å². The minimum atomic E-state index is -6.02. The van der Waals surface area contributed by atoms with E-state index in [0.717, 1.165) is 39.5 Å². The number of halogens is 14. The minimum Gasteiger partial charge on any atom is -0.368 e. The lowest BCUT2D eigenvalue weighted by molar-refractivity contribution is -0.302. The highest BCUT2D eigenvalue weighted by Gasteiger charge is 2.69. The van der Waals surface area contributed by atoms with Crippen molar-refractivity contribution in [1.82, 2.24) is 8.61 Å². The van der Waals surface area contributed by atoms with Gasteiger partial charge in [-0.15, -0.1) is 0 Å². The summed E-state index contributed by atoms with van der Waals surface area (Å²) in [5, 5.41) is 8.98. The van der Waals surface area contributed by atoms with Crippen LogP contribution < -0.4 is 15.5 Å². The van der Waals surface area contributed by atoms with Crippen LogP contribution in [-0.4, -0.2) is 89.2 Å². The normalized spacial score (nSPS) is 18.7. The van der Waals surface area contributed by atoms with Crippen molar-refractivity contribution in [3.63, 3.8) is 0 Å². The third kappa shape index (κ3) is 10.5. The molecule has 0 radical (unpaired) electrons. The molecule has 0 saturated carbocycles. The Morgan fingerprint density at radius 2 is 0.970 bits per heavy atom. The predicted molar refractivity (Wildman–Crippen MR) is 210 cm³/mol. The molecule has 2 fully saturated rings. The van der Waals surface area contributed by atoms with Crippen molar-refractivity contribution >= 4 is 31.4 Å². The summed E-state index contributed by atoms with van der Waals surface area (Å²) >= 11 is 0. The number of hydrogen-bond acceptors (Lipinski definition) is 8. The number of alkyl halides is 12. The smallest absolute Gasteiger partial charge is 0.368 e. The monoisotopic (exact) mass is 994 g/mol. The Kier molecular flexibility index (Phi) is 14.5. The SMILES string of the molecule is C[C@@H]1CN(c2ccc(F)cc2C(F)(F)F)CCN1S(=O)(=O)c1cccc(C#N)c1.C[C@@H]1CN(c2ccc(F)cc2C(F)(F)F)CCN1S(=O)(=O)c1cccc(C(N)(C(F)(F)F)C(F)(F)F)c1. The highest BCUT2D eigenvalue weighted by atomic mass is 32.2. The number of sulfonamides is 2. The van der Waals surface area contributed by atoms with E-state index in [1.54, 1.807) is 6.92 Å². The van der Waals surface area contributed by atoms with Crippen molar-refractivity contribution in [2.75, 3.05) is 49.1 Å². The molecule has 2 aliphatic heterocycles. The molecule has 0 aliphatic carbocycles. The zero-order valence-corrected chi connectivity index (χ0v) is 35.7. The second kappa shape index (κ2) is 18.5. The maximum atomic E-state index is 13.4. The van der Waals surface area contributed by atoms with E-state index in [1.807, 2.05) is 6.07 Å². The van der Waals surface area contributed by atoms with Crippen LogP contribution in [0.5, 0.6) is 0 Å². The second-order valence-corrected chi connectivity index (χ2v) is 18.9. The van der Waals surface area contributed by atoms with Crippen LogP contribution in [-0.2, 0) is 37.9 Å². The van der Waals surface area contributed by atoms with E-state index in [4.69, 9.17) is 11.0 Å². The van der Waals surface area contributed by atoms with Gasteiger partial charge in [0, 0.05) is 62.7 Å². The van der Waals surface area contributed by atoms with E-state index >= 15 is 0 Å². The van der Waals surface area contributed by atoms with Crippen molar-refractivity contribution in [2.45, 2.75) is 66.0 Å². The van der Waals surface area contributed by atoms with Crippen molar-refractivity contribution in [1.29, 1.82) is 5.26 Å². The van der Waals surface area contributed by atoms with E-state index in [2.05, 4.69) is 0 Å². The Bertz CT molecular complexity index is 2670. The molecular formula is C40H36F14N6O4S2. The summed E-state index contributed by atoms with van der Waals surface area (Å²) in [6, 6.07) is 12.2. The van der Waals surface area contributed by atoms with Crippen molar-refractivity contribution in [2.24, 2.45) is 5.73 Å². The predicted octanol–water partition coefficient (Wildman–Crippen LogP) is 8.64. The first kappa shape index (κ1) is 51.7. The largest absolute Gasteiger partial charge is 0.419 e. The number of nitrogens with two attached hydrogens (primary N) is 1. The van der Waals surface area contributed by atoms with Crippen LogP contribution >= 0.6 is 0 Å². The topological polar surface area (TPSA) is 131 Å². The first-order valence-electron chi connectivity index (χ1n) is 19.0. The van der Waals surface area contributed by atoms with Crippen molar-refractivity contribution in [3.05, 3.63) is 119 Å². The number of nitriles is 1. The molecule has 0 unspecified atom stereocenters. The number of rotatable bonds is 7. The Balaban J connectivity index is 0.000000255. The highest BCUT2D eigenvalue weighted by molar-refractivity contribution is 7.89. The van der Waals surface area contributed by atoms with Crippen LogP contribution in [0.4, 0.5) is 72.8 Å². The van der Waals surface area contributed by atoms with Crippen LogP contribution in [0.2, 0.25) is 0 Å². The molecule has 66 heavy (non-hydrogen) atoms. The Labute approximate surface area is 368 Å². The Morgan fingerprint density at radius 3 is 1.33 bits per heavy atom. The number of benzene rings is 4. The second-order valence-electron chi connectivity index (χ2n) is 15.1. The Hall–Kier alpha value is -5.23. The molecule has 0 spiro atoms. The summed E-state index contributed by atoms with van der Waals surface area (Å²) in [5.74, 6) is -2.13. The maximum Gasteiger partial charge on any atom is 0.419 e. The molecule has 2 heterocycles. The number of piperazine rings is 2. The quantitative estimate of drug-likeness (QED) is 0.182. The van der Waals surface area contributed by atoms with Gasteiger partial charge in [-0.05, 0) is 86.1 Å².